The maximum absolute atomic E-state index is 14.3. The first-order valence-electron chi connectivity index (χ1n) is 9.25. The molecule has 2 aromatic rings. The first-order valence-corrected chi connectivity index (χ1v) is 9.25. The van der Waals surface area contributed by atoms with E-state index in [0.717, 1.165) is 29.2 Å². The number of halogens is 1. The number of rotatable bonds is 5. The lowest BCUT2D eigenvalue weighted by molar-refractivity contribution is -0.173. The van der Waals surface area contributed by atoms with Crippen LogP contribution in [-0.2, 0) is 16.8 Å². The molecule has 1 amide bonds. The molecule has 27 heavy (non-hydrogen) atoms. The molecule has 2 aromatic carbocycles. The number of anilines is 2. The summed E-state index contributed by atoms with van der Waals surface area (Å²) in [4.78, 5) is 12.1. The molecule has 0 heterocycles. The molecule has 1 saturated carbocycles. The van der Waals surface area contributed by atoms with Gasteiger partial charge in [-0.05, 0) is 53.6 Å². The van der Waals surface area contributed by atoms with Gasteiger partial charge in [-0.15, -0.1) is 0 Å². The summed E-state index contributed by atoms with van der Waals surface area (Å²) in [6, 6.07) is 12.5. The average Bonchev–Trinajstić information content (AvgIpc) is 3.33. The van der Waals surface area contributed by atoms with Crippen molar-refractivity contribution in [1.29, 1.82) is 0 Å². The molecule has 0 aliphatic heterocycles. The number of carbonyl (C=O) groups excluding carboxylic acids is 1. The van der Waals surface area contributed by atoms with Crippen LogP contribution in [0, 0.1) is 11.2 Å². The Kier molecular flexibility index (Phi) is 5.00. The first-order chi connectivity index (χ1) is 12.6. The Morgan fingerprint density at radius 3 is 2.26 bits per heavy atom. The largest absolute Gasteiger partial charge is 0.355 e. The summed E-state index contributed by atoms with van der Waals surface area (Å²) in [5, 5.41) is 14.0. The maximum atomic E-state index is 14.3. The highest BCUT2D eigenvalue weighted by Gasteiger charge is 2.47. The third-order valence-corrected chi connectivity index (χ3v) is 5.10. The predicted molar refractivity (Wildman–Crippen MR) is 105 cm³/mol. The van der Waals surface area contributed by atoms with Crippen molar-refractivity contribution in [3.63, 3.8) is 0 Å². The van der Waals surface area contributed by atoms with Gasteiger partial charge in [-0.1, -0.05) is 45.9 Å². The molecular formula is C22H27FN2O2. The van der Waals surface area contributed by atoms with Gasteiger partial charge in [0.15, 0.2) is 0 Å². The zero-order valence-electron chi connectivity index (χ0n) is 16.3. The van der Waals surface area contributed by atoms with Gasteiger partial charge in [0.05, 0.1) is 6.54 Å². The van der Waals surface area contributed by atoms with Crippen LogP contribution < -0.4 is 5.32 Å². The molecule has 1 fully saturated rings. The van der Waals surface area contributed by atoms with E-state index in [0.29, 0.717) is 11.3 Å². The predicted octanol–water partition coefficient (Wildman–Crippen LogP) is 5.38. The highest BCUT2D eigenvalue weighted by molar-refractivity contribution is 5.83. The topological polar surface area (TPSA) is 52.6 Å². The van der Waals surface area contributed by atoms with Crippen LogP contribution in [0.15, 0.2) is 42.5 Å². The second-order valence-corrected chi connectivity index (χ2v) is 8.69. The lowest BCUT2D eigenvalue weighted by Gasteiger charge is -2.20. The molecule has 0 unspecified atom stereocenters. The van der Waals surface area contributed by atoms with Crippen molar-refractivity contribution in [1.82, 2.24) is 5.06 Å². The van der Waals surface area contributed by atoms with Crippen LogP contribution in [0.5, 0.6) is 0 Å². The van der Waals surface area contributed by atoms with Crippen LogP contribution in [0.1, 0.15) is 51.7 Å². The molecule has 144 valence electrons. The van der Waals surface area contributed by atoms with Crippen molar-refractivity contribution in [2.45, 2.75) is 52.5 Å². The first kappa shape index (κ1) is 19.4. The Morgan fingerprint density at radius 2 is 1.74 bits per heavy atom. The van der Waals surface area contributed by atoms with Gasteiger partial charge >= 0.3 is 0 Å². The fourth-order valence-corrected chi connectivity index (χ4v) is 3.02. The third kappa shape index (κ3) is 4.48. The quantitative estimate of drug-likeness (QED) is 0.548. The van der Waals surface area contributed by atoms with E-state index >= 15 is 0 Å². The molecule has 0 radical (unpaired) electrons. The van der Waals surface area contributed by atoms with Crippen molar-refractivity contribution in [3.8, 4) is 0 Å². The van der Waals surface area contributed by atoms with Crippen LogP contribution in [0.25, 0.3) is 0 Å². The molecule has 4 nitrogen and oxygen atoms in total. The minimum Gasteiger partial charge on any atom is -0.355 e. The van der Waals surface area contributed by atoms with E-state index in [-0.39, 0.29) is 29.1 Å². The zero-order valence-corrected chi connectivity index (χ0v) is 16.3. The normalized spacial score (nSPS) is 15.3. The van der Waals surface area contributed by atoms with Crippen LogP contribution in [0.2, 0.25) is 0 Å². The Morgan fingerprint density at radius 1 is 1.15 bits per heavy atom. The summed E-state index contributed by atoms with van der Waals surface area (Å²) < 4.78 is 14.3. The fraction of sp³-hybridized carbons (Fsp3) is 0.409. The molecule has 0 aromatic heterocycles. The smallest absolute Gasteiger partial charge is 0.252 e. The molecular weight excluding hydrogens is 343 g/mol. The number of hydrogen-bond donors (Lipinski definition) is 2. The van der Waals surface area contributed by atoms with E-state index in [4.69, 9.17) is 0 Å². The highest BCUT2D eigenvalue weighted by atomic mass is 19.1. The lowest BCUT2D eigenvalue weighted by Crippen LogP contribution is -2.32. The second-order valence-electron chi connectivity index (χ2n) is 8.69. The van der Waals surface area contributed by atoms with Crippen molar-refractivity contribution in [2.24, 2.45) is 5.41 Å². The van der Waals surface area contributed by atoms with Gasteiger partial charge in [0, 0.05) is 16.8 Å². The standard InChI is InChI=1S/C22H27FN2O2/c1-21(2,3)18-10-9-17(13-19(18)23)24-16-7-5-15(6-8-16)14-25(27)20(26)22(4)11-12-22/h5-10,13,24,27H,11-12,14H2,1-4H3. The van der Waals surface area contributed by atoms with Crippen molar-refractivity contribution in [2.75, 3.05) is 5.32 Å². The van der Waals surface area contributed by atoms with Gasteiger partial charge in [-0.3, -0.25) is 10.0 Å². The van der Waals surface area contributed by atoms with Gasteiger partial charge in [-0.2, -0.15) is 0 Å². The highest BCUT2D eigenvalue weighted by Crippen LogP contribution is 2.46. The minimum atomic E-state index is -0.389. The Hall–Kier alpha value is -2.40. The average molecular weight is 370 g/mol. The summed E-state index contributed by atoms with van der Waals surface area (Å²) in [6.45, 7) is 7.97. The molecule has 0 atom stereocenters. The van der Waals surface area contributed by atoms with Crippen LogP contribution in [-0.4, -0.2) is 16.2 Å². The molecule has 2 N–H and O–H groups in total. The zero-order chi connectivity index (χ0) is 19.8. The molecule has 0 spiro atoms. The minimum absolute atomic E-state index is 0.156. The number of hydroxylamine groups is 2. The summed E-state index contributed by atoms with van der Waals surface area (Å²) in [5.74, 6) is -0.453. The van der Waals surface area contributed by atoms with Crippen molar-refractivity contribution >= 4 is 17.3 Å². The van der Waals surface area contributed by atoms with Crippen LogP contribution in [0.4, 0.5) is 15.8 Å². The summed E-state index contributed by atoms with van der Waals surface area (Å²) in [5.41, 5.74) is 2.37. The number of hydrogen-bond acceptors (Lipinski definition) is 3. The van der Waals surface area contributed by atoms with Crippen LogP contribution >= 0.6 is 0 Å². The molecule has 3 rings (SSSR count). The monoisotopic (exact) mass is 370 g/mol. The van der Waals surface area contributed by atoms with E-state index in [1.54, 1.807) is 6.07 Å². The third-order valence-electron chi connectivity index (χ3n) is 5.10. The lowest BCUT2D eigenvalue weighted by atomic mass is 9.86. The van der Waals surface area contributed by atoms with E-state index in [2.05, 4.69) is 5.32 Å². The number of carbonyl (C=O) groups is 1. The fourth-order valence-electron chi connectivity index (χ4n) is 3.02. The summed E-state index contributed by atoms with van der Waals surface area (Å²) in [6.07, 6.45) is 1.66. The summed E-state index contributed by atoms with van der Waals surface area (Å²) >= 11 is 0. The van der Waals surface area contributed by atoms with Crippen molar-refractivity contribution < 1.29 is 14.4 Å². The molecule has 1 aliphatic rings. The number of nitrogens with one attached hydrogen (secondary N) is 1. The number of nitrogens with zero attached hydrogens (tertiary/aromatic N) is 1. The Bertz CT molecular complexity index is 836. The Balaban J connectivity index is 1.64. The molecule has 0 saturated heterocycles. The van der Waals surface area contributed by atoms with E-state index < -0.39 is 0 Å². The Labute approximate surface area is 160 Å². The van der Waals surface area contributed by atoms with Crippen LogP contribution in [0.3, 0.4) is 0 Å². The van der Waals surface area contributed by atoms with Gasteiger partial charge < -0.3 is 5.32 Å². The van der Waals surface area contributed by atoms with E-state index in [1.807, 2.05) is 58.0 Å². The molecule has 1 aliphatic carbocycles. The van der Waals surface area contributed by atoms with E-state index in [1.165, 1.54) is 6.07 Å². The van der Waals surface area contributed by atoms with Gasteiger partial charge in [-0.25, -0.2) is 9.45 Å². The van der Waals surface area contributed by atoms with E-state index in [9.17, 15) is 14.4 Å². The molecule has 5 heteroatoms. The summed E-state index contributed by atoms with van der Waals surface area (Å²) in [7, 11) is 0. The van der Waals surface area contributed by atoms with Gasteiger partial charge in [0.25, 0.3) is 5.91 Å². The van der Waals surface area contributed by atoms with Crippen molar-refractivity contribution in [3.05, 3.63) is 59.4 Å². The SMILES string of the molecule is CC1(C(=O)N(O)Cc2ccc(Nc3ccc(C(C)(C)C)c(F)c3)cc2)CC1. The molecule has 0 bridgehead atoms. The van der Waals surface area contributed by atoms with Gasteiger partial charge in [0.1, 0.15) is 5.82 Å². The van der Waals surface area contributed by atoms with Gasteiger partial charge in [0.2, 0.25) is 0 Å². The number of amides is 1. The second kappa shape index (κ2) is 6.97. The number of benzene rings is 2. The maximum Gasteiger partial charge on any atom is 0.252 e.